The van der Waals surface area contributed by atoms with E-state index in [1.54, 1.807) is 19.2 Å². The summed E-state index contributed by atoms with van der Waals surface area (Å²) in [4.78, 5) is 8.27. The van der Waals surface area contributed by atoms with Crippen LogP contribution in [-0.2, 0) is 13.1 Å². The lowest BCUT2D eigenvalue weighted by Crippen LogP contribution is -2.62. The molecule has 2 fully saturated rings. The Morgan fingerprint density at radius 1 is 1.11 bits per heavy atom. The van der Waals surface area contributed by atoms with Crippen molar-refractivity contribution in [2.75, 3.05) is 31.6 Å². The predicted molar refractivity (Wildman–Crippen MR) is 129 cm³/mol. The second-order valence-corrected chi connectivity index (χ2v) is 10.7. The zero-order chi connectivity index (χ0) is 25.2. The average molecular weight is 519 g/mol. The van der Waals surface area contributed by atoms with E-state index >= 15 is 0 Å². The molecule has 36 heavy (non-hydrogen) atoms. The van der Waals surface area contributed by atoms with Crippen LogP contribution in [0.4, 0.5) is 19.0 Å². The summed E-state index contributed by atoms with van der Waals surface area (Å²) in [6, 6.07) is 9.26. The van der Waals surface area contributed by atoms with E-state index in [9.17, 15) is 13.2 Å². The van der Waals surface area contributed by atoms with Gasteiger partial charge < -0.3 is 9.64 Å². The van der Waals surface area contributed by atoms with Crippen molar-refractivity contribution in [3.63, 3.8) is 0 Å². The Balaban J connectivity index is 1.23. The topological polar surface area (TPSA) is 59.3 Å². The van der Waals surface area contributed by atoms with E-state index in [0.29, 0.717) is 10.8 Å². The summed E-state index contributed by atoms with van der Waals surface area (Å²) in [6.07, 6.45) is -2.40. The number of nitrogens with zero attached hydrogens (tertiary/aromatic N) is 6. The normalized spacial score (nSPS) is 19.3. The van der Waals surface area contributed by atoms with Crippen LogP contribution >= 0.6 is 11.6 Å². The maximum absolute atomic E-state index is 13.2. The molecule has 1 aromatic carbocycles. The molecule has 2 aliphatic heterocycles. The van der Waals surface area contributed by atoms with Gasteiger partial charge in [-0.05, 0) is 55.7 Å². The lowest BCUT2D eigenvalue weighted by molar-refractivity contribution is -0.148. The third kappa shape index (κ3) is 4.10. The van der Waals surface area contributed by atoms with Crippen LogP contribution in [0.15, 0.2) is 30.3 Å². The van der Waals surface area contributed by atoms with Crippen LogP contribution in [-0.4, -0.2) is 57.6 Å². The number of benzene rings is 1. The van der Waals surface area contributed by atoms with Crippen LogP contribution in [0.5, 0.6) is 5.75 Å². The van der Waals surface area contributed by atoms with Crippen LogP contribution in [0.1, 0.15) is 41.7 Å². The number of hydrogen-bond acceptors (Lipinski definition) is 6. The summed E-state index contributed by atoms with van der Waals surface area (Å²) in [5.74, 6) is 3.18. The van der Waals surface area contributed by atoms with Gasteiger partial charge in [-0.15, -0.1) is 10.2 Å². The molecule has 4 heterocycles. The van der Waals surface area contributed by atoms with Crippen molar-refractivity contribution < 1.29 is 17.9 Å². The molecule has 6 rings (SSSR count). The molecule has 0 bridgehead atoms. The summed E-state index contributed by atoms with van der Waals surface area (Å²) < 4.78 is 47.1. The number of aromatic nitrogens is 4. The molecule has 0 amide bonds. The standard InChI is InChI=1S/C25H26ClF3N6O/c1-15-3-6-20(36-2)23(30-15)34-12-24(13-34)8-17(9-24)22-32-31-21-11-33(14-25(27,28)29)10-16-7-18(26)4-5-19(16)35(21)22/h3-7,17H,8-14H2,1-2H3. The maximum atomic E-state index is 13.2. The fourth-order valence-electron chi connectivity index (χ4n) is 5.98. The van der Waals surface area contributed by atoms with E-state index < -0.39 is 12.7 Å². The average Bonchev–Trinajstić information content (AvgIpc) is 3.07. The summed E-state index contributed by atoms with van der Waals surface area (Å²) in [7, 11) is 1.66. The number of ether oxygens (including phenoxy) is 1. The molecule has 0 atom stereocenters. The van der Waals surface area contributed by atoms with Crippen molar-refractivity contribution in [1.82, 2.24) is 24.6 Å². The number of fused-ring (bicyclic) bond motifs is 3. The molecule has 1 spiro atoms. The summed E-state index contributed by atoms with van der Waals surface area (Å²) >= 11 is 6.21. The van der Waals surface area contributed by atoms with Crippen LogP contribution in [0.3, 0.4) is 0 Å². The van der Waals surface area contributed by atoms with Crippen LogP contribution in [0.2, 0.25) is 5.02 Å². The van der Waals surface area contributed by atoms with Gasteiger partial charge in [0.2, 0.25) is 0 Å². The van der Waals surface area contributed by atoms with Gasteiger partial charge in [-0.25, -0.2) is 4.98 Å². The number of rotatable bonds is 4. The number of aryl methyl sites for hydroxylation is 1. The first-order chi connectivity index (χ1) is 17.1. The molecule has 0 unspecified atom stereocenters. The molecule has 7 nitrogen and oxygen atoms in total. The largest absolute Gasteiger partial charge is 0.493 e. The van der Waals surface area contributed by atoms with Crippen molar-refractivity contribution >= 4 is 17.4 Å². The van der Waals surface area contributed by atoms with Crippen molar-refractivity contribution in [3.05, 3.63) is 58.3 Å². The molecular formula is C25H26ClF3N6O. The first kappa shape index (κ1) is 23.5. The Morgan fingerprint density at radius 3 is 2.61 bits per heavy atom. The number of methoxy groups -OCH3 is 1. The minimum Gasteiger partial charge on any atom is -0.493 e. The van der Waals surface area contributed by atoms with E-state index in [0.717, 1.165) is 60.3 Å². The molecular weight excluding hydrogens is 493 g/mol. The van der Waals surface area contributed by atoms with Gasteiger partial charge in [0.15, 0.2) is 17.4 Å². The van der Waals surface area contributed by atoms with E-state index in [1.807, 2.05) is 29.7 Å². The zero-order valence-corrected chi connectivity index (χ0v) is 20.8. The van der Waals surface area contributed by atoms with Gasteiger partial charge in [-0.3, -0.25) is 9.47 Å². The number of pyridine rings is 1. The quantitative estimate of drug-likeness (QED) is 0.490. The van der Waals surface area contributed by atoms with Gasteiger partial charge >= 0.3 is 6.18 Å². The smallest absolute Gasteiger partial charge is 0.401 e. The lowest BCUT2D eigenvalue weighted by Gasteiger charge is -2.59. The van der Waals surface area contributed by atoms with E-state index in [-0.39, 0.29) is 24.4 Å². The molecule has 1 saturated carbocycles. The fraction of sp³-hybridized carbons (Fsp3) is 0.480. The second-order valence-electron chi connectivity index (χ2n) is 10.3. The first-order valence-corrected chi connectivity index (χ1v) is 12.3. The Labute approximate surface area is 211 Å². The Morgan fingerprint density at radius 2 is 1.89 bits per heavy atom. The molecule has 2 aromatic heterocycles. The second kappa shape index (κ2) is 8.34. The maximum Gasteiger partial charge on any atom is 0.401 e. The molecule has 0 N–H and O–H groups in total. The molecule has 1 saturated heterocycles. The van der Waals surface area contributed by atoms with Gasteiger partial charge in [0.25, 0.3) is 0 Å². The fourth-order valence-corrected chi connectivity index (χ4v) is 6.17. The highest BCUT2D eigenvalue weighted by molar-refractivity contribution is 6.30. The Kier molecular flexibility index (Phi) is 5.46. The molecule has 0 radical (unpaired) electrons. The highest BCUT2D eigenvalue weighted by Crippen LogP contribution is 2.57. The van der Waals surface area contributed by atoms with Crippen molar-refractivity contribution in [1.29, 1.82) is 0 Å². The molecule has 1 aliphatic carbocycles. The number of anilines is 1. The summed E-state index contributed by atoms with van der Waals surface area (Å²) in [5.41, 5.74) is 2.68. The van der Waals surface area contributed by atoms with E-state index in [4.69, 9.17) is 16.3 Å². The summed E-state index contributed by atoms with van der Waals surface area (Å²) in [5, 5.41) is 9.32. The molecule has 3 aliphatic rings. The number of hydrogen-bond donors (Lipinski definition) is 0. The Bertz CT molecular complexity index is 1310. The number of alkyl halides is 3. The SMILES string of the molecule is COc1ccc(C)nc1N1CC2(CC(c3nnc4n3-c3ccc(Cl)cc3CN(CC(F)(F)F)C4)C2)C1. The van der Waals surface area contributed by atoms with Crippen molar-refractivity contribution in [3.8, 4) is 11.4 Å². The van der Waals surface area contributed by atoms with E-state index in [1.165, 1.54) is 4.90 Å². The van der Waals surface area contributed by atoms with Crippen LogP contribution < -0.4 is 9.64 Å². The van der Waals surface area contributed by atoms with Gasteiger partial charge in [-0.2, -0.15) is 13.2 Å². The molecule has 3 aromatic rings. The minimum absolute atomic E-state index is 0.0727. The zero-order valence-electron chi connectivity index (χ0n) is 20.0. The molecule has 11 heteroatoms. The highest BCUT2D eigenvalue weighted by atomic mass is 35.5. The number of halogens is 4. The highest BCUT2D eigenvalue weighted by Gasteiger charge is 2.55. The predicted octanol–water partition coefficient (Wildman–Crippen LogP) is 4.89. The third-order valence-electron chi connectivity index (χ3n) is 7.47. The summed E-state index contributed by atoms with van der Waals surface area (Å²) in [6.45, 7) is 2.96. The third-order valence-corrected chi connectivity index (χ3v) is 7.71. The first-order valence-electron chi connectivity index (χ1n) is 11.9. The van der Waals surface area contributed by atoms with Crippen molar-refractivity contribution in [2.24, 2.45) is 5.41 Å². The minimum atomic E-state index is -4.30. The Hall–Kier alpha value is -2.85. The lowest BCUT2D eigenvalue weighted by atomic mass is 9.57. The van der Waals surface area contributed by atoms with Crippen LogP contribution in [0.25, 0.3) is 5.69 Å². The monoisotopic (exact) mass is 518 g/mol. The molecule has 190 valence electrons. The van der Waals surface area contributed by atoms with Gasteiger partial charge in [0.1, 0.15) is 5.82 Å². The van der Waals surface area contributed by atoms with E-state index in [2.05, 4.69) is 20.1 Å². The van der Waals surface area contributed by atoms with Gasteiger partial charge in [0, 0.05) is 41.7 Å². The van der Waals surface area contributed by atoms with Crippen LogP contribution in [0, 0.1) is 12.3 Å². The van der Waals surface area contributed by atoms with Crippen molar-refractivity contribution in [2.45, 2.75) is 44.9 Å². The van der Waals surface area contributed by atoms with Gasteiger partial charge in [-0.1, -0.05) is 11.6 Å². The van der Waals surface area contributed by atoms with Gasteiger partial charge in [0.05, 0.1) is 25.9 Å².